The number of piperazine rings is 1. The molecule has 1 N–H and O–H groups in total. The zero-order chi connectivity index (χ0) is 15.5. The summed E-state index contributed by atoms with van der Waals surface area (Å²) in [7, 11) is 0. The maximum atomic E-state index is 12.8. The minimum atomic E-state index is -4.16. The molecule has 0 aromatic heterocycles. The van der Waals surface area contributed by atoms with Crippen LogP contribution in [0.4, 0.5) is 13.2 Å². The summed E-state index contributed by atoms with van der Waals surface area (Å²) in [6.45, 7) is 4.85. The Morgan fingerprint density at radius 3 is 2.33 bits per heavy atom. The average molecular weight is 308 g/mol. The van der Waals surface area contributed by atoms with Crippen molar-refractivity contribution in [2.75, 3.05) is 32.8 Å². The fourth-order valence-electron chi connectivity index (χ4n) is 3.43. The lowest BCUT2D eigenvalue weighted by Gasteiger charge is -2.47. The van der Waals surface area contributed by atoms with E-state index in [-0.39, 0.29) is 38.3 Å². The van der Waals surface area contributed by atoms with Crippen molar-refractivity contribution in [2.24, 2.45) is 5.92 Å². The number of alkyl halides is 3. The first-order valence-corrected chi connectivity index (χ1v) is 7.60. The molecule has 2 fully saturated rings. The van der Waals surface area contributed by atoms with Gasteiger partial charge in [-0.15, -0.1) is 0 Å². The smallest absolute Gasteiger partial charge is 0.391 e. The summed E-state index contributed by atoms with van der Waals surface area (Å²) in [6, 6.07) is 0. The summed E-state index contributed by atoms with van der Waals surface area (Å²) in [5, 5.41) is 3.20. The number of hydrogen-bond acceptors (Lipinski definition) is 4. The molecule has 1 saturated heterocycles. The third-order valence-electron chi connectivity index (χ3n) is 4.65. The molecule has 0 radical (unpaired) electrons. The van der Waals surface area contributed by atoms with Gasteiger partial charge in [0.25, 0.3) is 0 Å². The van der Waals surface area contributed by atoms with E-state index in [4.69, 9.17) is 4.74 Å². The quantitative estimate of drug-likeness (QED) is 0.809. The summed E-state index contributed by atoms with van der Waals surface area (Å²) in [5.41, 5.74) is -0.861. The van der Waals surface area contributed by atoms with E-state index in [0.717, 1.165) is 13.1 Å². The van der Waals surface area contributed by atoms with E-state index in [2.05, 4.69) is 5.32 Å². The molecule has 122 valence electrons. The van der Waals surface area contributed by atoms with Gasteiger partial charge < -0.3 is 10.1 Å². The van der Waals surface area contributed by atoms with Gasteiger partial charge in [0.2, 0.25) is 0 Å². The van der Waals surface area contributed by atoms with Crippen molar-refractivity contribution in [2.45, 2.75) is 44.3 Å². The Kier molecular flexibility index (Phi) is 5.14. The van der Waals surface area contributed by atoms with Crippen LogP contribution in [0, 0.1) is 5.92 Å². The maximum absolute atomic E-state index is 12.8. The highest BCUT2D eigenvalue weighted by Crippen LogP contribution is 2.44. The Morgan fingerprint density at radius 2 is 1.86 bits per heavy atom. The van der Waals surface area contributed by atoms with Crippen LogP contribution >= 0.6 is 0 Å². The zero-order valence-corrected chi connectivity index (χ0v) is 12.3. The first kappa shape index (κ1) is 16.5. The first-order chi connectivity index (χ1) is 9.90. The lowest BCUT2D eigenvalue weighted by molar-refractivity contribution is -0.195. The second-order valence-corrected chi connectivity index (χ2v) is 5.80. The Hall–Kier alpha value is -0.820. The lowest BCUT2D eigenvalue weighted by atomic mass is 9.74. The number of ether oxygens (including phenoxy) is 1. The number of carbonyl (C=O) groups is 1. The number of nitrogens with zero attached hydrogens (tertiary/aromatic N) is 1. The Morgan fingerprint density at radius 1 is 1.29 bits per heavy atom. The van der Waals surface area contributed by atoms with Gasteiger partial charge in [-0.2, -0.15) is 13.2 Å². The molecule has 0 spiro atoms. The molecular formula is C14H23F3N2O2. The molecule has 7 heteroatoms. The average Bonchev–Trinajstić information content (AvgIpc) is 2.47. The van der Waals surface area contributed by atoms with Gasteiger partial charge in [0.15, 0.2) is 0 Å². The van der Waals surface area contributed by atoms with Crippen LogP contribution in [0.2, 0.25) is 0 Å². The van der Waals surface area contributed by atoms with Crippen LogP contribution in [0.5, 0.6) is 0 Å². The summed E-state index contributed by atoms with van der Waals surface area (Å²) >= 11 is 0. The normalized spacial score (nSPS) is 31.9. The Labute approximate surface area is 123 Å². The molecule has 0 unspecified atom stereocenters. The SMILES string of the molecule is CCOC(=O)C1(N2CCNCC2)CCC(C(F)(F)F)CC1. The molecule has 0 bridgehead atoms. The second kappa shape index (κ2) is 6.52. The third kappa shape index (κ3) is 3.51. The van der Waals surface area contributed by atoms with Crippen molar-refractivity contribution in [1.29, 1.82) is 0 Å². The van der Waals surface area contributed by atoms with Gasteiger partial charge in [-0.1, -0.05) is 0 Å². The van der Waals surface area contributed by atoms with Crippen molar-refractivity contribution >= 4 is 5.97 Å². The maximum Gasteiger partial charge on any atom is 0.391 e. The summed E-state index contributed by atoms with van der Waals surface area (Å²) in [4.78, 5) is 14.4. The molecule has 2 rings (SSSR count). The summed E-state index contributed by atoms with van der Waals surface area (Å²) in [6.07, 6.45) is -3.69. The van der Waals surface area contributed by atoms with E-state index in [0.29, 0.717) is 13.1 Å². The standard InChI is InChI=1S/C14H23F3N2O2/c1-2-21-12(20)13(19-9-7-18-8-10-19)5-3-11(4-6-13)14(15,16)17/h11,18H,2-10H2,1H3. The minimum absolute atomic E-state index is 0.00619. The van der Waals surface area contributed by atoms with Gasteiger partial charge in [0, 0.05) is 26.2 Å². The van der Waals surface area contributed by atoms with Crippen molar-refractivity contribution in [3.05, 3.63) is 0 Å². The number of rotatable bonds is 3. The molecule has 1 aliphatic carbocycles. The van der Waals surface area contributed by atoms with Gasteiger partial charge >= 0.3 is 12.1 Å². The van der Waals surface area contributed by atoms with Gasteiger partial charge in [-0.3, -0.25) is 9.69 Å². The Bertz CT molecular complexity index is 360. The van der Waals surface area contributed by atoms with Crippen LogP contribution in [0.3, 0.4) is 0 Å². The van der Waals surface area contributed by atoms with Gasteiger partial charge in [-0.25, -0.2) is 0 Å². The largest absolute Gasteiger partial charge is 0.465 e. The van der Waals surface area contributed by atoms with Crippen molar-refractivity contribution in [1.82, 2.24) is 10.2 Å². The molecule has 2 aliphatic rings. The minimum Gasteiger partial charge on any atom is -0.465 e. The molecule has 1 saturated carbocycles. The molecule has 1 aliphatic heterocycles. The first-order valence-electron chi connectivity index (χ1n) is 7.60. The molecule has 0 atom stereocenters. The third-order valence-corrected chi connectivity index (χ3v) is 4.65. The van der Waals surface area contributed by atoms with E-state index in [1.165, 1.54) is 0 Å². The van der Waals surface area contributed by atoms with Crippen molar-refractivity contribution in [3.63, 3.8) is 0 Å². The molecule has 21 heavy (non-hydrogen) atoms. The Balaban J connectivity index is 2.13. The number of hydrogen-bond donors (Lipinski definition) is 1. The molecule has 4 nitrogen and oxygen atoms in total. The van der Waals surface area contributed by atoms with E-state index in [9.17, 15) is 18.0 Å². The van der Waals surface area contributed by atoms with Crippen molar-refractivity contribution in [3.8, 4) is 0 Å². The number of carbonyl (C=O) groups excluding carboxylic acids is 1. The van der Waals surface area contributed by atoms with Gasteiger partial charge in [0.1, 0.15) is 5.54 Å². The zero-order valence-electron chi connectivity index (χ0n) is 12.3. The summed E-state index contributed by atoms with van der Waals surface area (Å²) < 4.78 is 43.7. The fourth-order valence-corrected chi connectivity index (χ4v) is 3.43. The highest BCUT2D eigenvalue weighted by atomic mass is 19.4. The fraction of sp³-hybridized carbons (Fsp3) is 0.929. The second-order valence-electron chi connectivity index (χ2n) is 5.80. The van der Waals surface area contributed by atoms with Crippen LogP contribution < -0.4 is 5.32 Å². The van der Waals surface area contributed by atoms with Gasteiger partial charge in [0.05, 0.1) is 12.5 Å². The predicted octanol–water partition coefficient (Wildman–Crippen LogP) is 1.95. The number of esters is 1. The number of nitrogens with one attached hydrogen (secondary N) is 1. The van der Waals surface area contributed by atoms with Crippen molar-refractivity contribution < 1.29 is 22.7 Å². The van der Waals surface area contributed by atoms with E-state index in [1.54, 1.807) is 6.92 Å². The molecular weight excluding hydrogens is 285 g/mol. The van der Waals surface area contributed by atoms with E-state index >= 15 is 0 Å². The van der Waals surface area contributed by atoms with Crippen LogP contribution in [0.1, 0.15) is 32.6 Å². The molecule has 0 aromatic rings. The van der Waals surface area contributed by atoms with E-state index in [1.807, 2.05) is 4.90 Å². The number of halogens is 3. The predicted molar refractivity (Wildman–Crippen MR) is 71.8 cm³/mol. The molecule has 0 amide bonds. The summed E-state index contributed by atoms with van der Waals surface area (Å²) in [5.74, 6) is -1.64. The van der Waals surface area contributed by atoms with E-state index < -0.39 is 17.6 Å². The topological polar surface area (TPSA) is 41.6 Å². The van der Waals surface area contributed by atoms with Crippen LogP contribution in [0.15, 0.2) is 0 Å². The van der Waals surface area contributed by atoms with Crippen LogP contribution in [0.25, 0.3) is 0 Å². The monoisotopic (exact) mass is 308 g/mol. The molecule has 1 heterocycles. The van der Waals surface area contributed by atoms with Gasteiger partial charge in [-0.05, 0) is 32.6 Å². The lowest BCUT2D eigenvalue weighted by Crippen LogP contribution is -2.62. The van der Waals surface area contributed by atoms with Crippen LogP contribution in [-0.2, 0) is 9.53 Å². The molecule has 0 aromatic carbocycles. The highest BCUT2D eigenvalue weighted by molar-refractivity contribution is 5.81. The highest BCUT2D eigenvalue weighted by Gasteiger charge is 2.52. The van der Waals surface area contributed by atoms with Crippen LogP contribution in [-0.4, -0.2) is 55.4 Å².